The molecule has 0 unspecified atom stereocenters. The fourth-order valence-corrected chi connectivity index (χ4v) is 2.11. The predicted molar refractivity (Wildman–Crippen MR) is 66.5 cm³/mol. The molecular formula is C11H12BrNOS. The minimum absolute atomic E-state index is 0.0697. The molecular weight excluding hydrogens is 274 g/mol. The summed E-state index contributed by atoms with van der Waals surface area (Å²) < 4.78 is 0.831. The molecule has 1 aliphatic carbocycles. The second-order valence-corrected chi connectivity index (χ2v) is 5.18. The van der Waals surface area contributed by atoms with E-state index >= 15 is 0 Å². The molecule has 0 atom stereocenters. The Morgan fingerprint density at radius 2 is 2.20 bits per heavy atom. The first-order valence-corrected chi connectivity index (χ1v) is 6.09. The molecule has 0 bridgehead atoms. The summed E-state index contributed by atoms with van der Waals surface area (Å²) in [4.78, 5) is 14.7. The molecule has 1 aromatic rings. The largest absolute Gasteiger partial charge is 0.339 e. The van der Waals surface area contributed by atoms with Crippen LogP contribution >= 0.6 is 28.6 Å². The van der Waals surface area contributed by atoms with Gasteiger partial charge in [0.05, 0.1) is 5.56 Å². The highest BCUT2D eigenvalue weighted by molar-refractivity contribution is 9.10. The molecule has 0 saturated heterocycles. The van der Waals surface area contributed by atoms with Gasteiger partial charge < -0.3 is 4.90 Å². The van der Waals surface area contributed by atoms with E-state index in [-0.39, 0.29) is 5.91 Å². The topological polar surface area (TPSA) is 20.3 Å². The van der Waals surface area contributed by atoms with Gasteiger partial charge >= 0.3 is 0 Å². The molecule has 15 heavy (non-hydrogen) atoms. The summed E-state index contributed by atoms with van der Waals surface area (Å²) in [5, 5.41) is 0. The van der Waals surface area contributed by atoms with Crippen molar-refractivity contribution in [3.8, 4) is 0 Å². The fraction of sp³-hybridized carbons (Fsp3) is 0.364. The Morgan fingerprint density at radius 3 is 2.80 bits per heavy atom. The number of benzene rings is 1. The molecule has 80 valence electrons. The maximum atomic E-state index is 12.1. The summed E-state index contributed by atoms with van der Waals surface area (Å²) in [6, 6.07) is 5.96. The van der Waals surface area contributed by atoms with Gasteiger partial charge in [-0.3, -0.25) is 4.79 Å². The Hall–Kier alpha value is -0.480. The number of hydrogen-bond donors (Lipinski definition) is 1. The second-order valence-electron chi connectivity index (χ2n) is 3.81. The van der Waals surface area contributed by atoms with Crippen LogP contribution in [0, 0.1) is 0 Å². The molecule has 1 fully saturated rings. The van der Waals surface area contributed by atoms with Gasteiger partial charge in [0.2, 0.25) is 0 Å². The maximum absolute atomic E-state index is 12.1. The van der Waals surface area contributed by atoms with E-state index < -0.39 is 0 Å². The van der Waals surface area contributed by atoms with Gasteiger partial charge in [-0.25, -0.2) is 0 Å². The van der Waals surface area contributed by atoms with E-state index in [4.69, 9.17) is 0 Å². The predicted octanol–water partition coefficient (Wildman–Crippen LogP) is 2.97. The highest BCUT2D eigenvalue weighted by Gasteiger charge is 2.30. The minimum Gasteiger partial charge on any atom is -0.339 e. The maximum Gasteiger partial charge on any atom is 0.255 e. The standard InChI is InChI=1S/C11H12BrNOS/c1-13(7-2-3-7)11(14)9-6-8(15)4-5-10(9)12/h4-7,15H,2-3H2,1H3. The van der Waals surface area contributed by atoms with E-state index in [2.05, 4.69) is 28.6 Å². The number of carbonyl (C=O) groups is 1. The Morgan fingerprint density at radius 1 is 1.53 bits per heavy atom. The Kier molecular flexibility index (Phi) is 3.07. The third-order valence-corrected chi connectivity index (χ3v) is 3.56. The molecule has 2 nitrogen and oxygen atoms in total. The van der Waals surface area contributed by atoms with Gasteiger partial charge in [-0.2, -0.15) is 0 Å². The molecule has 0 aromatic heterocycles. The number of thiol groups is 1. The smallest absolute Gasteiger partial charge is 0.255 e. The van der Waals surface area contributed by atoms with Crippen LogP contribution in [-0.4, -0.2) is 23.9 Å². The number of carbonyl (C=O) groups excluding carboxylic acids is 1. The first kappa shape index (κ1) is 11.0. The zero-order valence-corrected chi connectivity index (χ0v) is 10.9. The highest BCUT2D eigenvalue weighted by atomic mass is 79.9. The minimum atomic E-state index is 0.0697. The van der Waals surface area contributed by atoms with Crippen LogP contribution in [0.25, 0.3) is 0 Å². The lowest BCUT2D eigenvalue weighted by molar-refractivity contribution is 0.0784. The third-order valence-electron chi connectivity index (χ3n) is 2.60. The van der Waals surface area contributed by atoms with Crippen molar-refractivity contribution in [1.82, 2.24) is 4.90 Å². The number of halogens is 1. The number of nitrogens with zero attached hydrogens (tertiary/aromatic N) is 1. The normalized spacial score (nSPS) is 15.1. The highest BCUT2D eigenvalue weighted by Crippen LogP contribution is 2.29. The zero-order valence-electron chi connectivity index (χ0n) is 8.40. The average Bonchev–Trinajstić information content (AvgIpc) is 3.03. The van der Waals surface area contributed by atoms with Gasteiger partial charge in [0.25, 0.3) is 5.91 Å². The van der Waals surface area contributed by atoms with E-state index in [0.717, 1.165) is 22.2 Å². The summed E-state index contributed by atoms with van der Waals surface area (Å²) in [6.07, 6.45) is 2.25. The SMILES string of the molecule is CN(C(=O)c1cc(S)ccc1Br)C1CC1. The summed E-state index contributed by atoms with van der Waals surface area (Å²) in [5.74, 6) is 0.0697. The Balaban J connectivity index is 2.27. The lowest BCUT2D eigenvalue weighted by Crippen LogP contribution is -2.29. The molecule has 1 amide bonds. The van der Waals surface area contributed by atoms with Crippen molar-refractivity contribution >= 4 is 34.5 Å². The summed E-state index contributed by atoms with van der Waals surface area (Å²) in [7, 11) is 1.86. The van der Waals surface area contributed by atoms with Crippen molar-refractivity contribution in [2.45, 2.75) is 23.8 Å². The molecule has 0 spiro atoms. The molecule has 0 aliphatic heterocycles. The number of hydrogen-bond acceptors (Lipinski definition) is 2. The van der Waals surface area contributed by atoms with E-state index in [9.17, 15) is 4.79 Å². The first-order valence-electron chi connectivity index (χ1n) is 4.85. The van der Waals surface area contributed by atoms with Crippen molar-refractivity contribution in [3.63, 3.8) is 0 Å². The van der Waals surface area contributed by atoms with Crippen LogP contribution in [0.4, 0.5) is 0 Å². The molecule has 2 rings (SSSR count). The Bertz CT molecular complexity index is 404. The Labute approximate surface area is 103 Å². The van der Waals surface area contributed by atoms with E-state index in [1.807, 2.05) is 24.1 Å². The summed E-state index contributed by atoms with van der Waals surface area (Å²) in [5.41, 5.74) is 0.692. The van der Waals surface area contributed by atoms with Crippen molar-refractivity contribution in [2.75, 3.05) is 7.05 Å². The molecule has 1 saturated carbocycles. The molecule has 0 heterocycles. The summed E-state index contributed by atoms with van der Waals surface area (Å²) >= 11 is 7.63. The number of rotatable bonds is 2. The van der Waals surface area contributed by atoms with Crippen LogP contribution in [-0.2, 0) is 0 Å². The van der Waals surface area contributed by atoms with Gasteiger partial charge in [-0.05, 0) is 47.0 Å². The van der Waals surface area contributed by atoms with E-state index in [0.29, 0.717) is 11.6 Å². The van der Waals surface area contributed by atoms with Crippen LogP contribution in [0.3, 0.4) is 0 Å². The van der Waals surface area contributed by atoms with Crippen LogP contribution < -0.4 is 0 Å². The molecule has 0 N–H and O–H groups in total. The average molecular weight is 286 g/mol. The van der Waals surface area contributed by atoms with Gasteiger partial charge in [-0.15, -0.1) is 12.6 Å². The van der Waals surface area contributed by atoms with Crippen LogP contribution in [0.15, 0.2) is 27.6 Å². The quantitative estimate of drug-likeness (QED) is 0.829. The van der Waals surface area contributed by atoms with Crippen molar-refractivity contribution < 1.29 is 4.79 Å². The summed E-state index contributed by atoms with van der Waals surface area (Å²) in [6.45, 7) is 0. The first-order chi connectivity index (χ1) is 7.09. The second kappa shape index (κ2) is 4.18. The molecule has 0 radical (unpaired) electrons. The fourth-order valence-electron chi connectivity index (χ4n) is 1.49. The van der Waals surface area contributed by atoms with Crippen molar-refractivity contribution in [1.29, 1.82) is 0 Å². The monoisotopic (exact) mass is 285 g/mol. The third kappa shape index (κ3) is 2.37. The van der Waals surface area contributed by atoms with Gasteiger partial charge in [0.15, 0.2) is 0 Å². The lowest BCUT2D eigenvalue weighted by Gasteiger charge is -2.17. The van der Waals surface area contributed by atoms with Crippen LogP contribution in [0.2, 0.25) is 0 Å². The van der Waals surface area contributed by atoms with Crippen molar-refractivity contribution in [2.24, 2.45) is 0 Å². The van der Waals surface area contributed by atoms with Gasteiger partial charge in [0.1, 0.15) is 0 Å². The van der Waals surface area contributed by atoms with Crippen molar-refractivity contribution in [3.05, 3.63) is 28.2 Å². The molecule has 1 aromatic carbocycles. The number of amides is 1. The van der Waals surface area contributed by atoms with E-state index in [1.54, 1.807) is 6.07 Å². The molecule has 1 aliphatic rings. The van der Waals surface area contributed by atoms with E-state index in [1.165, 1.54) is 0 Å². The lowest BCUT2D eigenvalue weighted by atomic mass is 10.2. The van der Waals surface area contributed by atoms with Crippen LogP contribution in [0.1, 0.15) is 23.2 Å². The van der Waals surface area contributed by atoms with Gasteiger partial charge in [-0.1, -0.05) is 0 Å². The zero-order chi connectivity index (χ0) is 11.0. The molecule has 4 heteroatoms. The van der Waals surface area contributed by atoms with Crippen LogP contribution in [0.5, 0.6) is 0 Å². The van der Waals surface area contributed by atoms with Gasteiger partial charge in [0, 0.05) is 22.5 Å².